The first-order valence-electron chi connectivity index (χ1n) is 5.86. The van der Waals surface area contributed by atoms with E-state index in [9.17, 15) is 8.42 Å². The van der Waals surface area contributed by atoms with Gasteiger partial charge in [-0.2, -0.15) is 0 Å². The Kier molecular flexibility index (Phi) is 4.89. The van der Waals surface area contributed by atoms with E-state index in [1.807, 2.05) is 13.8 Å². The van der Waals surface area contributed by atoms with E-state index in [0.29, 0.717) is 10.8 Å². The number of nitrogens with two attached hydrogens (primary N) is 1. The van der Waals surface area contributed by atoms with Crippen molar-refractivity contribution in [2.75, 3.05) is 5.32 Å². The number of anilines is 1. The largest absolute Gasteiger partial charge is 0.358 e. The Morgan fingerprint density at radius 2 is 1.84 bits per heavy atom. The van der Waals surface area contributed by atoms with Gasteiger partial charge in [0.1, 0.15) is 0 Å². The Morgan fingerprint density at radius 1 is 1.32 bits per heavy atom. The highest BCUT2D eigenvalue weighted by Gasteiger charge is 2.15. The average Bonchev–Trinajstić information content (AvgIpc) is 2.27. The molecule has 1 aromatic rings. The Hall–Kier alpha value is -1.18. The zero-order chi connectivity index (χ0) is 14.7. The van der Waals surface area contributed by atoms with Gasteiger partial charge in [0.15, 0.2) is 5.11 Å². The molecule has 0 atom stereocenters. The van der Waals surface area contributed by atoms with Crippen LogP contribution in [0.1, 0.15) is 27.2 Å². The first-order valence-corrected chi connectivity index (χ1v) is 7.81. The fourth-order valence-electron chi connectivity index (χ4n) is 1.29. The molecule has 0 saturated carbocycles. The summed E-state index contributed by atoms with van der Waals surface area (Å²) in [5.74, 6) is 0. The van der Waals surface area contributed by atoms with E-state index in [2.05, 4.69) is 17.6 Å². The molecule has 0 heterocycles. The second-order valence-corrected chi connectivity index (χ2v) is 6.86. The van der Waals surface area contributed by atoms with Crippen molar-refractivity contribution in [1.82, 2.24) is 5.32 Å². The number of thiocarbonyl (C=S) groups is 1. The minimum absolute atomic E-state index is 0.0748. The molecule has 1 aromatic carbocycles. The monoisotopic (exact) mass is 301 g/mol. The molecule has 0 amide bonds. The standard InChI is InChI=1S/C12H19N3O2S2/c1-4-12(2,3)15-11(18)14-9-5-7-10(8-6-9)19(13,16)17/h5-8H,4H2,1-3H3,(H2,13,16,17)(H2,14,15,18). The van der Waals surface area contributed by atoms with Gasteiger partial charge in [-0.1, -0.05) is 6.92 Å². The van der Waals surface area contributed by atoms with Crippen LogP contribution in [0.2, 0.25) is 0 Å². The quantitative estimate of drug-likeness (QED) is 0.739. The van der Waals surface area contributed by atoms with Crippen LogP contribution in [0.4, 0.5) is 5.69 Å². The van der Waals surface area contributed by atoms with Crippen LogP contribution in [0.3, 0.4) is 0 Å². The molecule has 0 saturated heterocycles. The minimum Gasteiger partial charge on any atom is -0.358 e. The number of nitrogens with one attached hydrogen (secondary N) is 2. The molecule has 0 aliphatic heterocycles. The smallest absolute Gasteiger partial charge is 0.238 e. The van der Waals surface area contributed by atoms with Crippen molar-refractivity contribution in [3.8, 4) is 0 Å². The van der Waals surface area contributed by atoms with Crippen LogP contribution in [0.25, 0.3) is 0 Å². The summed E-state index contributed by atoms with van der Waals surface area (Å²) < 4.78 is 22.2. The third-order valence-corrected chi connectivity index (χ3v) is 3.91. The molecule has 5 nitrogen and oxygen atoms in total. The molecule has 0 aromatic heterocycles. The summed E-state index contributed by atoms with van der Waals surface area (Å²) in [6.07, 6.45) is 0.930. The zero-order valence-electron chi connectivity index (χ0n) is 11.2. The minimum atomic E-state index is -3.66. The van der Waals surface area contributed by atoms with Gasteiger partial charge in [-0.25, -0.2) is 13.6 Å². The maximum Gasteiger partial charge on any atom is 0.238 e. The molecule has 7 heteroatoms. The van der Waals surface area contributed by atoms with Gasteiger partial charge in [-0.05, 0) is 56.8 Å². The third-order valence-electron chi connectivity index (χ3n) is 2.78. The van der Waals surface area contributed by atoms with Crippen molar-refractivity contribution in [2.45, 2.75) is 37.6 Å². The topological polar surface area (TPSA) is 84.2 Å². The van der Waals surface area contributed by atoms with E-state index in [0.717, 1.165) is 6.42 Å². The fourth-order valence-corrected chi connectivity index (χ4v) is 2.20. The van der Waals surface area contributed by atoms with Gasteiger partial charge in [0.25, 0.3) is 0 Å². The van der Waals surface area contributed by atoms with Gasteiger partial charge in [-0.3, -0.25) is 0 Å². The van der Waals surface area contributed by atoms with E-state index in [-0.39, 0.29) is 10.4 Å². The van der Waals surface area contributed by atoms with Crippen LogP contribution in [0.15, 0.2) is 29.2 Å². The molecule has 19 heavy (non-hydrogen) atoms. The lowest BCUT2D eigenvalue weighted by Crippen LogP contribution is -2.44. The highest BCUT2D eigenvalue weighted by Crippen LogP contribution is 2.13. The maximum atomic E-state index is 11.1. The lowest BCUT2D eigenvalue weighted by atomic mass is 10.0. The van der Waals surface area contributed by atoms with Crippen molar-refractivity contribution in [3.05, 3.63) is 24.3 Å². The summed E-state index contributed by atoms with van der Waals surface area (Å²) in [7, 11) is -3.66. The van der Waals surface area contributed by atoms with Crippen LogP contribution in [0.5, 0.6) is 0 Å². The Morgan fingerprint density at radius 3 is 2.26 bits per heavy atom. The summed E-state index contributed by atoms with van der Waals surface area (Å²) in [4.78, 5) is 0.0748. The maximum absolute atomic E-state index is 11.1. The lowest BCUT2D eigenvalue weighted by Gasteiger charge is -2.26. The number of rotatable bonds is 4. The molecule has 0 fully saturated rings. The summed E-state index contributed by atoms with van der Waals surface area (Å²) in [6, 6.07) is 6.11. The molecule has 0 spiro atoms. The van der Waals surface area contributed by atoms with E-state index < -0.39 is 10.0 Å². The number of primary sulfonamides is 1. The summed E-state index contributed by atoms with van der Waals surface area (Å²) in [5, 5.41) is 11.7. The summed E-state index contributed by atoms with van der Waals surface area (Å²) >= 11 is 5.19. The van der Waals surface area contributed by atoms with Crippen molar-refractivity contribution in [2.24, 2.45) is 5.14 Å². The molecular weight excluding hydrogens is 282 g/mol. The molecule has 4 N–H and O–H groups in total. The lowest BCUT2D eigenvalue weighted by molar-refractivity contribution is 0.448. The van der Waals surface area contributed by atoms with Gasteiger partial charge in [0.05, 0.1) is 4.90 Å². The first-order chi connectivity index (χ1) is 8.64. The van der Waals surface area contributed by atoms with E-state index >= 15 is 0 Å². The second-order valence-electron chi connectivity index (χ2n) is 4.89. The molecule has 0 radical (unpaired) electrons. The van der Waals surface area contributed by atoms with Gasteiger partial charge in [-0.15, -0.1) is 0 Å². The number of hydrogen-bond acceptors (Lipinski definition) is 3. The van der Waals surface area contributed by atoms with Crippen LogP contribution in [-0.2, 0) is 10.0 Å². The van der Waals surface area contributed by atoms with Gasteiger partial charge in [0, 0.05) is 11.2 Å². The Balaban J connectivity index is 2.71. The van der Waals surface area contributed by atoms with Crippen molar-refractivity contribution < 1.29 is 8.42 Å². The van der Waals surface area contributed by atoms with Crippen molar-refractivity contribution in [1.29, 1.82) is 0 Å². The zero-order valence-corrected chi connectivity index (χ0v) is 12.9. The van der Waals surface area contributed by atoms with Gasteiger partial charge >= 0.3 is 0 Å². The highest BCUT2D eigenvalue weighted by atomic mass is 32.2. The number of benzene rings is 1. The molecule has 0 unspecified atom stereocenters. The van der Waals surface area contributed by atoms with Gasteiger partial charge < -0.3 is 10.6 Å². The van der Waals surface area contributed by atoms with Crippen LogP contribution < -0.4 is 15.8 Å². The van der Waals surface area contributed by atoms with E-state index in [1.165, 1.54) is 12.1 Å². The molecular formula is C12H19N3O2S2. The molecule has 0 aliphatic carbocycles. The normalized spacial score (nSPS) is 12.0. The molecule has 106 valence electrons. The molecule has 0 bridgehead atoms. The van der Waals surface area contributed by atoms with Crippen LogP contribution in [0, 0.1) is 0 Å². The van der Waals surface area contributed by atoms with Crippen molar-refractivity contribution in [3.63, 3.8) is 0 Å². The third kappa shape index (κ3) is 5.14. The Bertz CT molecular complexity index is 551. The first kappa shape index (κ1) is 15.9. The second kappa shape index (κ2) is 5.85. The summed E-state index contributed by atoms with van der Waals surface area (Å²) in [5.41, 5.74) is 0.613. The molecule has 1 rings (SSSR count). The van der Waals surface area contributed by atoms with Crippen LogP contribution >= 0.6 is 12.2 Å². The van der Waals surface area contributed by atoms with E-state index in [1.54, 1.807) is 12.1 Å². The SMILES string of the molecule is CCC(C)(C)NC(=S)Nc1ccc(S(N)(=O)=O)cc1. The highest BCUT2D eigenvalue weighted by molar-refractivity contribution is 7.89. The Labute approximate surface area is 119 Å². The number of sulfonamides is 1. The van der Waals surface area contributed by atoms with Gasteiger partial charge in [0.2, 0.25) is 10.0 Å². The molecule has 0 aliphatic rings. The van der Waals surface area contributed by atoms with Crippen LogP contribution in [-0.4, -0.2) is 19.1 Å². The summed E-state index contributed by atoms with van der Waals surface area (Å²) in [6.45, 7) is 6.16. The van der Waals surface area contributed by atoms with Crippen molar-refractivity contribution >= 4 is 33.0 Å². The predicted octanol–water partition coefficient (Wildman–Crippen LogP) is 1.81. The predicted molar refractivity (Wildman–Crippen MR) is 81.5 cm³/mol. The number of hydrogen-bond donors (Lipinski definition) is 3. The average molecular weight is 301 g/mol. The van der Waals surface area contributed by atoms with E-state index in [4.69, 9.17) is 17.4 Å². The fraction of sp³-hybridized carbons (Fsp3) is 0.417.